The van der Waals surface area contributed by atoms with Gasteiger partial charge in [0.25, 0.3) is 5.91 Å². The fourth-order valence-electron chi connectivity index (χ4n) is 3.53. The molecule has 0 saturated carbocycles. The van der Waals surface area contributed by atoms with Gasteiger partial charge < -0.3 is 4.90 Å². The van der Waals surface area contributed by atoms with E-state index in [0.717, 1.165) is 37.4 Å². The lowest BCUT2D eigenvalue weighted by atomic mass is 10.2. The number of carbonyl (C=O) groups excluding carboxylic acids is 1. The van der Waals surface area contributed by atoms with Crippen LogP contribution < -0.4 is 0 Å². The molecule has 0 aliphatic carbocycles. The van der Waals surface area contributed by atoms with E-state index in [1.54, 1.807) is 12.5 Å². The van der Waals surface area contributed by atoms with Gasteiger partial charge in [0.15, 0.2) is 5.65 Å². The molecule has 1 aliphatic rings. The third-order valence-electron chi connectivity index (χ3n) is 5.09. The molecule has 4 rings (SSSR count). The zero-order chi connectivity index (χ0) is 19.3. The first-order chi connectivity index (χ1) is 13.8. The Morgan fingerprint density at radius 2 is 1.89 bits per heavy atom. The van der Waals surface area contributed by atoms with Crippen molar-refractivity contribution in [2.75, 3.05) is 32.7 Å². The zero-order valence-electron chi connectivity index (χ0n) is 15.7. The first kappa shape index (κ1) is 18.1. The Morgan fingerprint density at radius 3 is 2.64 bits per heavy atom. The van der Waals surface area contributed by atoms with Crippen LogP contribution in [0.5, 0.6) is 0 Å². The van der Waals surface area contributed by atoms with Gasteiger partial charge >= 0.3 is 0 Å². The lowest BCUT2D eigenvalue weighted by Gasteiger charge is -2.34. The summed E-state index contributed by atoms with van der Waals surface area (Å²) in [5.41, 5.74) is 3.02. The number of benzene rings is 1. The summed E-state index contributed by atoms with van der Waals surface area (Å²) in [4.78, 5) is 26.0. The van der Waals surface area contributed by atoms with Crippen molar-refractivity contribution in [2.24, 2.45) is 0 Å². The largest absolute Gasteiger partial charge is 0.336 e. The van der Waals surface area contributed by atoms with Gasteiger partial charge in [-0.2, -0.15) is 5.26 Å². The molecule has 0 bridgehead atoms. The molecule has 1 fully saturated rings. The van der Waals surface area contributed by atoms with E-state index in [4.69, 9.17) is 5.26 Å². The molecule has 3 aromatic rings. The Kier molecular flexibility index (Phi) is 5.31. The van der Waals surface area contributed by atoms with Crippen molar-refractivity contribution in [3.8, 4) is 11.8 Å². The van der Waals surface area contributed by atoms with Crippen molar-refractivity contribution < 1.29 is 4.79 Å². The fourth-order valence-corrected chi connectivity index (χ4v) is 3.53. The second-order valence-corrected chi connectivity index (χ2v) is 6.91. The van der Waals surface area contributed by atoms with E-state index < -0.39 is 0 Å². The second-order valence-electron chi connectivity index (χ2n) is 6.91. The molecule has 0 atom stereocenters. The molecule has 28 heavy (non-hydrogen) atoms. The third kappa shape index (κ3) is 3.73. The van der Waals surface area contributed by atoms with Crippen LogP contribution in [0.2, 0.25) is 0 Å². The molecule has 0 unspecified atom stereocenters. The standard InChI is InChI=1S/C21H22N6O/c22-8-4-5-9-25-10-12-26(13-11-25)21(28)17-14-19-20(23-15-17)27(16-24-19)18-6-2-1-3-7-18/h1-3,6-7,14-16H,4-5,9-13H2. The summed E-state index contributed by atoms with van der Waals surface area (Å²) >= 11 is 0. The topological polar surface area (TPSA) is 78.1 Å². The molecule has 0 spiro atoms. The zero-order valence-corrected chi connectivity index (χ0v) is 15.7. The number of piperazine rings is 1. The van der Waals surface area contributed by atoms with Gasteiger partial charge in [0.2, 0.25) is 0 Å². The molecular weight excluding hydrogens is 352 g/mol. The van der Waals surface area contributed by atoms with E-state index in [1.807, 2.05) is 45.9 Å². The highest BCUT2D eigenvalue weighted by atomic mass is 16.2. The average molecular weight is 374 g/mol. The van der Waals surface area contributed by atoms with Crippen LogP contribution in [0.25, 0.3) is 16.9 Å². The van der Waals surface area contributed by atoms with Gasteiger partial charge in [-0.25, -0.2) is 9.97 Å². The maximum Gasteiger partial charge on any atom is 0.255 e. The molecule has 0 radical (unpaired) electrons. The number of pyridine rings is 1. The van der Waals surface area contributed by atoms with Crippen molar-refractivity contribution in [2.45, 2.75) is 12.8 Å². The van der Waals surface area contributed by atoms with Crippen molar-refractivity contribution in [3.63, 3.8) is 0 Å². The Hall–Kier alpha value is -3.24. The molecule has 3 heterocycles. The number of unbranched alkanes of at least 4 members (excludes halogenated alkanes) is 1. The minimum atomic E-state index is 0.000311. The summed E-state index contributed by atoms with van der Waals surface area (Å²) in [6.45, 7) is 3.99. The molecule has 142 valence electrons. The van der Waals surface area contributed by atoms with Crippen molar-refractivity contribution in [1.29, 1.82) is 5.26 Å². The monoisotopic (exact) mass is 374 g/mol. The van der Waals surface area contributed by atoms with Crippen LogP contribution in [0.3, 0.4) is 0 Å². The Bertz CT molecular complexity index is 999. The highest BCUT2D eigenvalue weighted by Gasteiger charge is 2.22. The van der Waals surface area contributed by atoms with E-state index in [-0.39, 0.29) is 5.91 Å². The summed E-state index contributed by atoms with van der Waals surface area (Å²) in [7, 11) is 0. The van der Waals surface area contributed by atoms with Crippen molar-refractivity contribution in [3.05, 3.63) is 54.5 Å². The quantitative estimate of drug-likeness (QED) is 0.641. The van der Waals surface area contributed by atoms with E-state index in [1.165, 1.54) is 0 Å². The van der Waals surface area contributed by atoms with Crippen molar-refractivity contribution >= 4 is 17.1 Å². The summed E-state index contributed by atoms with van der Waals surface area (Å²) in [5, 5.41) is 8.64. The highest BCUT2D eigenvalue weighted by molar-refractivity contribution is 5.96. The van der Waals surface area contributed by atoms with Crippen LogP contribution in [0.15, 0.2) is 48.9 Å². The molecule has 1 amide bonds. The molecule has 2 aromatic heterocycles. The normalized spacial score (nSPS) is 14.9. The summed E-state index contributed by atoms with van der Waals surface area (Å²) in [6.07, 6.45) is 4.85. The van der Waals surface area contributed by atoms with Gasteiger partial charge in [0.05, 0.1) is 11.6 Å². The number of para-hydroxylation sites is 1. The molecular formula is C21H22N6O. The van der Waals surface area contributed by atoms with E-state index in [0.29, 0.717) is 30.6 Å². The number of hydrogen-bond donors (Lipinski definition) is 0. The number of fused-ring (bicyclic) bond motifs is 1. The lowest BCUT2D eigenvalue weighted by molar-refractivity contribution is 0.0636. The van der Waals surface area contributed by atoms with Gasteiger partial charge in [-0.05, 0) is 31.2 Å². The van der Waals surface area contributed by atoms with Gasteiger partial charge in [-0.1, -0.05) is 18.2 Å². The number of aromatic nitrogens is 3. The molecule has 7 heteroatoms. The number of carbonyl (C=O) groups is 1. The van der Waals surface area contributed by atoms with Crippen LogP contribution in [0, 0.1) is 11.3 Å². The van der Waals surface area contributed by atoms with Crippen LogP contribution in [0.1, 0.15) is 23.2 Å². The fraction of sp³-hybridized carbons (Fsp3) is 0.333. The Balaban J connectivity index is 1.45. The first-order valence-electron chi connectivity index (χ1n) is 9.53. The first-order valence-corrected chi connectivity index (χ1v) is 9.53. The molecule has 1 saturated heterocycles. The van der Waals surface area contributed by atoms with Gasteiger partial charge in [0, 0.05) is 44.5 Å². The smallest absolute Gasteiger partial charge is 0.255 e. The predicted molar refractivity (Wildman–Crippen MR) is 106 cm³/mol. The van der Waals surface area contributed by atoms with E-state index in [9.17, 15) is 4.79 Å². The third-order valence-corrected chi connectivity index (χ3v) is 5.09. The summed E-state index contributed by atoms with van der Waals surface area (Å²) < 4.78 is 1.92. The maximum atomic E-state index is 12.9. The number of amides is 1. The molecule has 1 aromatic carbocycles. The van der Waals surface area contributed by atoms with Crippen LogP contribution >= 0.6 is 0 Å². The van der Waals surface area contributed by atoms with Crippen molar-refractivity contribution in [1.82, 2.24) is 24.3 Å². The van der Waals surface area contributed by atoms with E-state index in [2.05, 4.69) is 20.9 Å². The van der Waals surface area contributed by atoms with Crippen LogP contribution in [0.4, 0.5) is 0 Å². The minimum absolute atomic E-state index is 0.000311. The van der Waals surface area contributed by atoms with Crippen LogP contribution in [-0.4, -0.2) is 63.0 Å². The SMILES string of the molecule is N#CCCCN1CCN(C(=O)c2cnc3c(c2)ncn3-c2ccccc2)CC1. The summed E-state index contributed by atoms with van der Waals surface area (Å²) in [5.74, 6) is 0.000311. The molecule has 1 aliphatic heterocycles. The number of rotatable bonds is 5. The number of hydrogen-bond acceptors (Lipinski definition) is 5. The van der Waals surface area contributed by atoms with Gasteiger partial charge in [0.1, 0.15) is 11.8 Å². The molecule has 7 nitrogen and oxygen atoms in total. The Labute approximate surface area is 163 Å². The van der Waals surface area contributed by atoms with Gasteiger partial charge in [-0.15, -0.1) is 0 Å². The Morgan fingerprint density at radius 1 is 1.11 bits per heavy atom. The molecule has 0 N–H and O–H groups in total. The number of imidazole rings is 1. The minimum Gasteiger partial charge on any atom is -0.336 e. The van der Waals surface area contributed by atoms with Crippen LogP contribution in [-0.2, 0) is 0 Å². The highest BCUT2D eigenvalue weighted by Crippen LogP contribution is 2.18. The maximum absolute atomic E-state index is 12.9. The van der Waals surface area contributed by atoms with E-state index >= 15 is 0 Å². The number of nitrogens with zero attached hydrogens (tertiary/aromatic N) is 6. The number of nitriles is 1. The van der Waals surface area contributed by atoms with Gasteiger partial charge in [-0.3, -0.25) is 14.3 Å². The lowest BCUT2D eigenvalue weighted by Crippen LogP contribution is -2.48. The predicted octanol–water partition coefficient (Wildman–Crippen LogP) is 2.48. The average Bonchev–Trinajstić information content (AvgIpc) is 3.18. The summed E-state index contributed by atoms with van der Waals surface area (Å²) in [6, 6.07) is 13.9. The second kappa shape index (κ2) is 8.19.